The molecule has 0 aromatic carbocycles. The number of hydrogen-bond donors (Lipinski definition) is 3. The molecule has 3 N–H and O–H groups in total. The lowest BCUT2D eigenvalue weighted by Gasteiger charge is -2.51. The fraction of sp³-hybridized carbons (Fsp3) is 0.718. The van der Waals surface area contributed by atoms with Gasteiger partial charge in [-0.1, -0.05) is 69.2 Å². The van der Waals surface area contributed by atoms with Gasteiger partial charge in [0, 0.05) is 30.5 Å². The van der Waals surface area contributed by atoms with E-state index in [2.05, 4.69) is 91.7 Å². The van der Waals surface area contributed by atoms with Crippen LogP contribution in [0, 0.1) is 23.2 Å². The molecule has 3 aromatic rings. The number of H-pyrrole nitrogens is 1. The lowest BCUT2D eigenvalue weighted by molar-refractivity contribution is -0.118. The number of nitrogens with one attached hydrogen (secondary N) is 2. The average molecular weight is 1000 g/mol. The van der Waals surface area contributed by atoms with Crippen LogP contribution in [0.15, 0.2) is 29.7 Å². The molecule has 0 bridgehead atoms. The second kappa shape index (κ2) is 21.6. The summed E-state index contributed by atoms with van der Waals surface area (Å²) < 4.78 is 73.8. The molecule has 3 aliphatic rings. The average Bonchev–Trinajstić information content (AvgIpc) is 3.91. The van der Waals surface area contributed by atoms with Crippen LogP contribution in [0.2, 0.25) is 22.2 Å². The smallest absolute Gasteiger partial charge is 0.335 e. The predicted molar refractivity (Wildman–Crippen MR) is 246 cm³/mol. The van der Waals surface area contributed by atoms with Crippen LogP contribution >= 0.6 is 15.0 Å². The van der Waals surface area contributed by atoms with E-state index in [9.17, 15) is 24.3 Å². The Hall–Kier alpha value is -2.86. The van der Waals surface area contributed by atoms with E-state index in [0.717, 1.165) is 0 Å². The highest BCUT2D eigenvalue weighted by Crippen LogP contribution is 2.57. The van der Waals surface area contributed by atoms with Gasteiger partial charge in [-0.15, -0.1) is 0 Å². The van der Waals surface area contributed by atoms with Crippen LogP contribution < -0.4 is 15.6 Å². The first-order valence-electron chi connectivity index (χ1n) is 21.9. The number of ether oxygens (including phenoxy) is 2. The summed E-state index contributed by atoms with van der Waals surface area (Å²) in [6.45, 7) is 16.0. The topological polar surface area (TPSA) is 263 Å². The molecule has 65 heavy (non-hydrogen) atoms. The molecule has 2 unspecified atom stereocenters. The highest BCUT2D eigenvalue weighted by atomic mass is 32.5. The van der Waals surface area contributed by atoms with E-state index in [4.69, 9.17) is 52.3 Å². The summed E-state index contributed by atoms with van der Waals surface area (Å²) in [5, 5.41) is 12.2. The van der Waals surface area contributed by atoms with Gasteiger partial charge in [-0.05, 0) is 40.4 Å². The summed E-state index contributed by atoms with van der Waals surface area (Å²) >= 11 is 6.20. The van der Waals surface area contributed by atoms with Gasteiger partial charge < -0.3 is 40.9 Å². The Bertz CT molecular complexity index is 2270. The van der Waals surface area contributed by atoms with Crippen LogP contribution in [0.4, 0.5) is 5.95 Å². The molecule has 360 valence electrons. The van der Waals surface area contributed by atoms with Crippen molar-refractivity contribution < 1.29 is 54.8 Å². The van der Waals surface area contributed by atoms with Crippen molar-refractivity contribution in [2.24, 2.45) is 11.8 Å². The lowest BCUT2D eigenvalue weighted by Crippen LogP contribution is -2.65. The third-order valence-electron chi connectivity index (χ3n) is 11.9. The molecule has 21 nitrogen and oxygen atoms in total. The van der Waals surface area contributed by atoms with E-state index < -0.39 is 86.2 Å². The molecule has 3 fully saturated rings. The molecule has 3 aromatic heterocycles. The fourth-order valence-electron chi connectivity index (χ4n) is 8.63. The highest BCUT2D eigenvalue weighted by molar-refractivity contribution is 8.07. The molecule has 5 heterocycles. The minimum Gasteiger partial charge on any atom is -0.474 e. The number of rotatable bonds is 19. The molecule has 0 radical (unpaired) electrons. The van der Waals surface area contributed by atoms with Crippen molar-refractivity contribution in [3.05, 3.63) is 35.3 Å². The second-order valence-electron chi connectivity index (χ2n) is 18.0. The van der Waals surface area contributed by atoms with Crippen molar-refractivity contribution in [2.45, 2.75) is 147 Å². The van der Waals surface area contributed by atoms with E-state index in [-0.39, 0.29) is 77.8 Å². The van der Waals surface area contributed by atoms with Gasteiger partial charge in [0.1, 0.15) is 30.7 Å². The van der Waals surface area contributed by atoms with E-state index in [1.807, 2.05) is 0 Å². The zero-order valence-corrected chi connectivity index (χ0v) is 43.1. The third kappa shape index (κ3) is 11.5. The van der Waals surface area contributed by atoms with Crippen LogP contribution in [0.3, 0.4) is 0 Å². The van der Waals surface area contributed by atoms with Crippen LogP contribution in [0.25, 0.3) is 11.2 Å². The number of carbonyl (C=O) groups excluding carboxylic acids is 1. The number of imidazole rings is 1. The Morgan fingerprint density at radius 3 is 2.42 bits per heavy atom. The standard InChI is InChI=1S/C39H62N8O13P2SSi2/c1-22(2)36(48)45-39-44-35-32(37(49)46-39)43-21-47(35)38-34(33-30(56-38)19-54-64(23(3)4,24(5)6)60-65(59-33,25(7)8)26(9)10)58-62(63,52-15-11-13-40)53-18-27-16-28(17-29(27)57-61(50)51)55-31-12-14-41-20-42-31/h12,14,20-30,33-34,38,61H,11,15-19H2,1-10H3,(H,50,51)(H2,44,45,46,48,49)/t27-,28-,29+,30-,33-,34-,38-,62?/m1/s1. The molecule has 1 aliphatic carbocycles. The van der Waals surface area contributed by atoms with Crippen LogP contribution in [-0.4, -0.2) is 108 Å². The number of fused-ring (bicyclic) bond motifs is 2. The van der Waals surface area contributed by atoms with Crippen LogP contribution in [0.1, 0.15) is 94.7 Å². The number of nitrogens with zero attached hydrogens (tertiary/aromatic N) is 6. The molecule has 2 aliphatic heterocycles. The summed E-state index contributed by atoms with van der Waals surface area (Å²) in [6.07, 6.45) is -0.445. The Morgan fingerprint density at radius 2 is 1.80 bits per heavy atom. The van der Waals surface area contributed by atoms with Gasteiger partial charge in [0.25, 0.3) is 5.56 Å². The van der Waals surface area contributed by atoms with Crippen molar-refractivity contribution in [1.29, 1.82) is 5.26 Å². The summed E-state index contributed by atoms with van der Waals surface area (Å²) in [5.74, 6) is -1.07. The van der Waals surface area contributed by atoms with Gasteiger partial charge in [0.05, 0.1) is 44.7 Å². The summed E-state index contributed by atoms with van der Waals surface area (Å²) in [6, 6.07) is 3.67. The zero-order chi connectivity index (χ0) is 47.4. The van der Waals surface area contributed by atoms with Crippen molar-refractivity contribution in [1.82, 2.24) is 29.5 Å². The van der Waals surface area contributed by atoms with E-state index in [1.54, 1.807) is 26.1 Å². The largest absolute Gasteiger partial charge is 0.474 e. The molecule has 1 saturated carbocycles. The van der Waals surface area contributed by atoms with Crippen molar-refractivity contribution >= 4 is 66.9 Å². The molecule has 26 heteroatoms. The van der Waals surface area contributed by atoms with E-state index in [1.165, 1.54) is 17.2 Å². The maximum Gasteiger partial charge on any atom is 0.335 e. The Balaban J connectivity index is 1.44. The van der Waals surface area contributed by atoms with Gasteiger partial charge >= 0.3 is 32.1 Å². The maximum absolute atomic E-state index is 13.5. The van der Waals surface area contributed by atoms with E-state index in [0.29, 0.717) is 12.3 Å². The van der Waals surface area contributed by atoms with Crippen molar-refractivity contribution in [2.75, 3.05) is 25.1 Å². The fourth-order valence-corrected chi connectivity index (χ4v) is 22.5. The lowest BCUT2D eigenvalue weighted by atomic mass is 10.1. The first kappa shape index (κ1) is 51.5. The number of carbonyl (C=O) groups is 1. The second-order valence-corrected chi connectivity index (χ2v) is 30.6. The summed E-state index contributed by atoms with van der Waals surface area (Å²) in [4.78, 5) is 55.8. The number of hydrogen-bond acceptors (Lipinski definition) is 18. The summed E-state index contributed by atoms with van der Waals surface area (Å²) in [5.41, 5.74) is -0.662. The van der Waals surface area contributed by atoms with Crippen LogP contribution in [-0.2, 0) is 57.0 Å². The number of anilines is 1. The minimum absolute atomic E-state index is 0.0334. The number of aromatic nitrogens is 6. The quantitative estimate of drug-likeness (QED) is 0.0654. The normalized spacial score (nSPS) is 26.8. The summed E-state index contributed by atoms with van der Waals surface area (Å²) in [7, 11) is -9.76. The number of amides is 1. The molecule has 9 atom stereocenters. The molecular weight excluding hydrogens is 939 g/mol. The van der Waals surface area contributed by atoms with Gasteiger partial charge in [-0.3, -0.25) is 33.5 Å². The molecule has 1 amide bonds. The first-order valence-corrected chi connectivity index (χ1v) is 29.7. The number of aromatic amines is 1. The molecule has 2 saturated heterocycles. The van der Waals surface area contributed by atoms with Gasteiger partial charge in [0.15, 0.2) is 17.4 Å². The molecular formula is C39H62N8O13P2SSi2. The van der Waals surface area contributed by atoms with Crippen molar-refractivity contribution in [3.63, 3.8) is 0 Å². The van der Waals surface area contributed by atoms with Gasteiger partial charge in [0.2, 0.25) is 17.7 Å². The predicted octanol–water partition coefficient (Wildman–Crippen LogP) is 6.54. The molecule has 6 rings (SSSR count). The Morgan fingerprint density at radius 1 is 1.09 bits per heavy atom. The van der Waals surface area contributed by atoms with Gasteiger partial charge in [-0.2, -0.15) is 10.2 Å². The van der Waals surface area contributed by atoms with Crippen LogP contribution in [0.5, 0.6) is 5.88 Å². The maximum atomic E-state index is 13.5. The Labute approximate surface area is 386 Å². The SMILES string of the molecule is CC(C)C(=O)Nc1nc2c(ncn2[C@@H]2O[C@@H]3CO[Si](C(C)C)(C(C)C)O[Si](C(C)C)(C(C)C)O[C@H]3[C@H]2OP(=S)(OCCC#N)OC[C@H]2C[C@@H](Oc3ccncn3)C[C@@H]2O[PH](=O)O)c(=O)[nH]1. The molecule has 0 spiro atoms. The van der Waals surface area contributed by atoms with Crippen molar-refractivity contribution in [3.8, 4) is 11.9 Å². The first-order chi connectivity index (χ1) is 30.7. The zero-order valence-electron chi connectivity index (χ0n) is 38.4. The Kier molecular flexibility index (Phi) is 17.1. The third-order valence-corrected chi connectivity index (χ3v) is 25.0. The number of nitriles is 1. The highest BCUT2D eigenvalue weighted by Gasteiger charge is 2.63. The van der Waals surface area contributed by atoms with Gasteiger partial charge in [-0.25, -0.2) is 15.0 Å². The van der Waals surface area contributed by atoms with E-state index >= 15 is 0 Å². The minimum atomic E-state index is -3.94. The monoisotopic (exact) mass is 1000 g/mol.